The largest absolute Gasteiger partial charge is 0.310 e. The summed E-state index contributed by atoms with van der Waals surface area (Å²) in [6, 6.07) is 2.45. The van der Waals surface area contributed by atoms with E-state index in [0.717, 1.165) is 24.4 Å². The van der Waals surface area contributed by atoms with Gasteiger partial charge in [0.1, 0.15) is 5.15 Å². The summed E-state index contributed by atoms with van der Waals surface area (Å²) in [5.74, 6) is 0.814. The summed E-state index contributed by atoms with van der Waals surface area (Å²) in [4.78, 5) is 4.11. The summed E-state index contributed by atoms with van der Waals surface area (Å²) >= 11 is 11.8. The van der Waals surface area contributed by atoms with E-state index in [1.807, 2.05) is 12.3 Å². The zero-order valence-corrected chi connectivity index (χ0v) is 10.9. The summed E-state index contributed by atoms with van der Waals surface area (Å²) in [5, 5.41) is 4.44. The number of halogens is 2. The Morgan fingerprint density at radius 2 is 2.18 bits per heavy atom. The first kappa shape index (κ1) is 11.5. The van der Waals surface area contributed by atoms with E-state index in [1.54, 1.807) is 0 Å². The lowest BCUT2D eigenvalue weighted by atomic mass is 9.84. The molecule has 0 aromatic carbocycles. The lowest BCUT2D eigenvalue weighted by Crippen LogP contribution is -2.27. The molecule has 1 saturated heterocycles. The summed E-state index contributed by atoms with van der Waals surface area (Å²) in [6.45, 7) is 1.14. The number of allylic oxidation sites excluding steroid dienone is 1. The molecule has 1 aromatic rings. The number of nitrogens with zero attached hydrogens (tertiary/aromatic N) is 1. The zero-order valence-electron chi connectivity index (χ0n) is 9.42. The quantitative estimate of drug-likeness (QED) is 0.789. The van der Waals surface area contributed by atoms with Gasteiger partial charge in [-0.05, 0) is 48.9 Å². The molecule has 4 heteroatoms. The summed E-state index contributed by atoms with van der Waals surface area (Å²) < 4.78 is 0. The van der Waals surface area contributed by atoms with Crippen molar-refractivity contribution in [3.63, 3.8) is 0 Å². The van der Waals surface area contributed by atoms with Crippen molar-refractivity contribution in [3.05, 3.63) is 34.1 Å². The normalized spacial score (nSPS) is 27.8. The van der Waals surface area contributed by atoms with Gasteiger partial charge < -0.3 is 5.32 Å². The second kappa shape index (κ2) is 4.60. The van der Waals surface area contributed by atoms with Crippen LogP contribution in [0.4, 0.5) is 0 Å². The number of hydrogen-bond acceptors (Lipinski definition) is 2. The third-order valence-electron chi connectivity index (χ3n) is 3.74. The van der Waals surface area contributed by atoms with Crippen molar-refractivity contribution in [1.82, 2.24) is 10.3 Å². The molecular formula is C13H14Cl2N2. The summed E-state index contributed by atoms with van der Waals surface area (Å²) in [6.07, 6.45) is 7.82. The minimum Gasteiger partial charge on any atom is -0.310 e. The minimum atomic E-state index is 0.378. The molecule has 1 aliphatic heterocycles. The highest BCUT2D eigenvalue weighted by Crippen LogP contribution is 2.35. The number of rotatable bonds is 1. The van der Waals surface area contributed by atoms with Crippen LogP contribution in [0.1, 0.15) is 24.8 Å². The highest BCUT2D eigenvalue weighted by Gasteiger charge is 2.28. The minimum absolute atomic E-state index is 0.378. The van der Waals surface area contributed by atoms with Crippen molar-refractivity contribution in [2.24, 2.45) is 5.92 Å². The SMILES string of the molecule is Clc1cc(C2=CC3NCCC3CC2)cnc1Cl. The molecule has 1 aliphatic carbocycles. The van der Waals surface area contributed by atoms with Crippen LogP contribution in [0.15, 0.2) is 18.3 Å². The topological polar surface area (TPSA) is 24.9 Å². The molecule has 1 fully saturated rings. The molecule has 0 amide bonds. The molecule has 2 atom stereocenters. The molecule has 2 heterocycles. The third-order valence-corrected chi connectivity index (χ3v) is 4.42. The van der Waals surface area contributed by atoms with Crippen LogP contribution >= 0.6 is 23.2 Å². The number of pyridine rings is 1. The number of nitrogens with one attached hydrogen (secondary N) is 1. The Kier molecular flexibility index (Phi) is 3.12. The molecule has 90 valence electrons. The van der Waals surface area contributed by atoms with E-state index in [1.165, 1.54) is 18.4 Å². The van der Waals surface area contributed by atoms with E-state index in [2.05, 4.69) is 16.4 Å². The van der Waals surface area contributed by atoms with Crippen molar-refractivity contribution >= 4 is 28.8 Å². The molecule has 2 nitrogen and oxygen atoms in total. The van der Waals surface area contributed by atoms with Gasteiger partial charge in [0.15, 0.2) is 0 Å². The monoisotopic (exact) mass is 268 g/mol. The van der Waals surface area contributed by atoms with Gasteiger partial charge in [0.2, 0.25) is 0 Å². The van der Waals surface area contributed by atoms with Gasteiger partial charge in [-0.1, -0.05) is 29.3 Å². The third kappa shape index (κ3) is 2.22. The fourth-order valence-corrected chi connectivity index (χ4v) is 3.05. The Labute approximate surface area is 111 Å². The standard InChI is InChI=1S/C13H14Cl2N2/c14-11-5-10(7-17-13(11)15)9-2-1-8-3-4-16-12(8)6-9/h5-8,12,16H,1-4H2. The van der Waals surface area contributed by atoms with Gasteiger partial charge in [0.25, 0.3) is 0 Å². The van der Waals surface area contributed by atoms with Gasteiger partial charge in [0, 0.05) is 12.2 Å². The molecule has 0 spiro atoms. The van der Waals surface area contributed by atoms with Crippen LogP contribution in [0.5, 0.6) is 0 Å². The predicted molar refractivity (Wildman–Crippen MR) is 71.4 cm³/mol. The second-order valence-corrected chi connectivity index (χ2v) is 5.52. The van der Waals surface area contributed by atoms with Crippen molar-refractivity contribution in [1.29, 1.82) is 0 Å². The molecule has 2 aliphatic rings. The maximum absolute atomic E-state index is 6.01. The highest BCUT2D eigenvalue weighted by atomic mass is 35.5. The molecular weight excluding hydrogens is 255 g/mol. The Morgan fingerprint density at radius 1 is 1.29 bits per heavy atom. The van der Waals surface area contributed by atoms with E-state index in [9.17, 15) is 0 Å². The predicted octanol–water partition coefficient (Wildman–Crippen LogP) is 3.54. The lowest BCUT2D eigenvalue weighted by molar-refractivity contribution is 0.465. The Hall–Kier alpha value is -0.570. The number of hydrogen-bond donors (Lipinski definition) is 1. The van der Waals surface area contributed by atoms with Gasteiger partial charge in [-0.25, -0.2) is 4.98 Å². The molecule has 1 aromatic heterocycles. The average molecular weight is 269 g/mol. The summed E-state index contributed by atoms with van der Waals surface area (Å²) in [5.41, 5.74) is 2.44. The van der Waals surface area contributed by atoms with Gasteiger partial charge >= 0.3 is 0 Å². The van der Waals surface area contributed by atoms with E-state index >= 15 is 0 Å². The van der Waals surface area contributed by atoms with Crippen LogP contribution in [0.3, 0.4) is 0 Å². The van der Waals surface area contributed by atoms with Crippen molar-refractivity contribution < 1.29 is 0 Å². The van der Waals surface area contributed by atoms with Crippen LogP contribution in [0.2, 0.25) is 10.2 Å². The molecule has 2 unspecified atom stereocenters. The van der Waals surface area contributed by atoms with Crippen molar-refractivity contribution in [2.75, 3.05) is 6.54 Å². The van der Waals surface area contributed by atoms with Crippen LogP contribution in [-0.2, 0) is 0 Å². The number of aromatic nitrogens is 1. The Bertz CT molecular complexity index is 470. The number of fused-ring (bicyclic) bond motifs is 1. The molecule has 0 radical (unpaired) electrons. The molecule has 3 rings (SSSR count). The van der Waals surface area contributed by atoms with E-state index in [4.69, 9.17) is 23.2 Å². The van der Waals surface area contributed by atoms with E-state index in [0.29, 0.717) is 16.2 Å². The van der Waals surface area contributed by atoms with Gasteiger partial charge in [0.05, 0.1) is 5.02 Å². The smallest absolute Gasteiger partial charge is 0.147 e. The van der Waals surface area contributed by atoms with Crippen LogP contribution in [0, 0.1) is 5.92 Å². The molecule has 17 heavy (non-hydrogen) atoms. The van der Waals surface area contributed by atoms with Gasteiger partial charge in [-0.15, -0.1) is 0 Å². The first-order valence-corrected chi connectivity index (χ1v) is 6.75. The Morgan fingerprint density at radius 3 is 3.00 bits per heavy atom. The zero-order chi connectivity index (χ0) is 11.8. The van der Waals surface area contributed by atoms with Gasteiger partial charge in [-0.2, -0.15) is 0 Å². The molecule has 1 N–H and O–H groups in total. The lowest BCUT2D eigenvalue weighted by Gasteiger charge is -2.24. The molecule has 0 saturated carbocycles. The fourth-order valence-electron chi connectivity index (χ4n) is 2.78. The maximum atomic E-state index is 6.01. The van der Waals surface area contributed by atoms with Crippen LogP contribution < -0.4 is 5.32 Å². The van der Waals surface area contributed by atoms with Gasteiger partial charge in [-0.3, -0.25) is 0 Å². The van der Waals surface area contributed by atoms with Crippen molar-refractivity contribution in [3.8, 4) is 0 Å². The van der Waals surface area contributed by atoms with Crippen LogP contribution in [-0.4, -0.2) is 17.6 Å². The maximum Gasteiger partial charge on any atom is 0.147 e. The van der Waals surface area contributed by atoms with Crippen molar-refractivity contribution in [2.45, 2.75) is 25.3 Å². The fraction of sp³-hybridized carbons (Fsp3) is 0.462. The summed E-state index contributed by atoms with van der Waals surface area (Å²) in [7, 11) is 0. The van der Waals surface area contributed by atoms with Crippen LogP contribution in [0.25, 0.3) is 5.57 Å². The highest BCUT2D eigenvalue weighted by molar-refractivity contribution is 6.41. The van der Waals surface area contributed by atoms with E-state index < -0.39 is 0 Å². The first-order valence-electron chi connectivity index (χ1n) is 5.99. The second-order valence-electron chi connectivity index (χ2n) is 4.76. The first-order chi connectivity index (χ1) is 8.24. The Balaban J connectivity index is 1.91. The average Bonchev–Trinajstić information content (AvgIpc) is 2.79. The molecule has 0 bridgehead atoms. The van der Waals surface area contributed by atoms with E-state index in [-0.39, 0.29) is 0 Å².